The first-order valence-corrected chi connectivity index (χ1v) is 8.72. The second-order valence-corrected chi connectivity index (χ2v) is 5.94. The van der Waals surface area contributed by atoms with Crippen molar-refractivity contribution in [1.82, 2.24) is 0 Å². The second kappa shape index (κ2) is 9.61. The molecule has 0 unspecified atom stereocenters. The molecule has 3 aromatic carbocycles. The number of rotatable bonds is 6. The average Bonchev–Trinajstić information content (AvgIpc) is 2.76. The van der Waals surface area contributed by atoms with Gasteiger partial charge in [0, 0.05) is 17.3 Å². The van der Waals surface area contributed by atoms with Crippen molar-refractivity contribution in [2.75, 3.05) is 11.2 Å². The van der Waals surface area contributed by atoms with E-state index in [9.17, 15) is 9.59 Å². The summed E-state index contributed by atoms with van der Waals surface area (Å²) in [5.74, 6) is -1.02. The summed E-state index contributed by atoms with van der Waals surface area (Å²) in [6, 6.07) is 22.5. The zero-order valence-corrected chi connectivity index (χ0v) is 15.4. The number of anilines is 2. The first-order valence-electron chi connectivity index (χ1n) is 8.72. The summed E-state index contributed by atoms with van der Waals surface area (Å²) in [6.45, 7) is 0. The molecule has 0 aliphatic carbocycles. The monoisotopic (exact) mass is 386 g/mol. The van der Waals surface area contributed by atoms with Crippen LogP contribution in [0, 0.1) is 0 Å². The van der Waals surface area contributed by atoms with Gasteiger partial charge in [0.05, 0.1) is 11.4 Å². The molecule has 3 rings (SSSR count). The van der Waals surface area contributed by atoms with Crippen LogP contribution in [0.3, 0.4) is 0 Å². The summed E-state index contributed by atoms with van der Waals surface area (Å²) in [5.41, 5.74) is 11.0. The Bertz CT molecular complexity index is 1050. The SMILES string of the molecule is Nc1cccc(C(=O)N=Nc2ccc(NOC(=O)C=Cc3ccccc3)cc2)c1. The summed E-state index contributed by atoms with van der Waals surface area (Å²) < 4.78 is 0. The lowest BCUT2D eigenvalue weighted by molar-refractivity contribution is -0.134. The summed E-state index contributed by atoms with van der Waals surface area (Å²) in [7, 11) is 0. The van der Waals surface area contributed by atoms with Gasteiger partial charge < -0.3 is 10.6 Å². The number of azo groups is 1. The van der Waals surface area contributed by atoms with E-state index in [1.54, 1.807) is 48.5 Å². The summed E-state index contributed by atoms with van der Waals surface area (Å²) in [4.78, 5) is 28.7. The van der Waals surface area contributed by atoms with E-state index >= 15 is 0 Å². The van der Waals surface area contributed by atoms with Crippen LogP contribution in [0.5, 0.6) is 0 Å². The minimum Gasteiger partial charge on any atom is -0.399 e. The predicted molar refractivity (Wildman–Crippen MR) is 111 cm³/mol. The number of nitrogens with one attached hydrogen (secondary N) is 1. The fourth-order valence-electron chi connectivity index (χ4n) is 2.30. The molecule has 0 heterocycles. The number of carbonyl (C=O) groups excluding carboxylic acids is 2. The third-order valence-electron chi connectivity index (χ3n) is 3.74. The zero-order chi connectivity index (χ0) is 20.5. The molecule has 0 saturated heterocycles. The van der Waals surface area contributed by atoms with E-state index in [2.05, 4.69) is 15.7 Å². The van der Waals surface area contributed by atoms with Gasteiger partial charge >= 0.3 is 5.97 Å². The molecule has 0 fully saturated rings. The zero-order valence-electron chi connectivity index (χ0n) is 15.4. The Morgan fingerprint density at radius 3 is 2.41 bits per heavy atom. The van der Waals surface area contributed by atoms with Crippen molar-refractivity contribution < 1.29 is 14.4 Å². The highest BCUT2D eigenvalue weighted by molar-refractivity contribution is 5.95. The van der Waals surface area contributed by atoms with Crippen LogP contribution in [0.15, 0.2) is 95.2 Å². The topological polar surface area (TPSA) is 106 Å². The summed E-state index contributed by atoms with van der Waals surface area (Å²) in [5, 5.41) is 7.58. The van der Waals surface area contributed by atoms with Crippen LogP contribution in [-0.4, -0.2) is 11.9 Å². The van der Waals surface area contributed by atoms with Gasteiger partial charge in [0.1, 0.15) is 0 Å². The molecule has 29 heavy (non-hydrogen) atoms. The first kappa shape index (κ1) is 19.5. The van der Waals surface area contributed by atoms with Gasteiger partial charge in [0.25, 0.3) is 5.91 Å². The van der Waals surface area contributed by atoms with E-state index in [4.69, 9.17) is 10.6 Å². The first-order chi connectivity index (χ1) is 14.1. The molecule has 3 N–H and O–H groups in total. The molecule has 0 aromatic heterocycles. The summed E-state index contributed by atoms with van der Waals surface area (Å²) in [6.07, 6.45) is 2.98. The number of amides is 1. The molecule has 1 amide bonds. The van der Waals surface area contributed by atoms with E-state index in [1.807, 2.05) is 30.3 Å². The maximum atomic E-state index is 12.0. The van der Waals surface area contributed by atoms with Gasteiger partial charge in [0.15, 0.2) is 0 Å². The normalized spacial score (nSPS) is 10.9. The number of hydrogen-bond acceptors (Lipinski definition) is 6. The average molecular weight is 386 g/mol. The Hall–Kier alpha value is -4.26. The van der Waals surface area contributed by atoms with Crippen molar-refractivity contribution in [1.29, 1.82) is 0 Å². The molecule has 3 aromatic rings. The van der Waals surface area contributed by atoms with Gasteiger partial charge in [-0.2, -0.15) is 0 Å². The van der Waals surface area contributed by atoms with Crippen molar-refractivity contribution in [2.45, 2.75) is 0 Å². The number of nitrogen functional groups attached to an aromatic ring is 1. The lowest BCUT2D eigenvalue weighted by atomic mass is 10.2. The van der Waals surface area contributed by atoms with Gasteiger partial charge in [0.2, 0.25) is 0 Å². The largest absolute Gasteiger partial charge is 0.399 e. The smallest absolute Gasteiger partial charge is 0.355 e. The Balaban J connectivity index is 1.51. The van der Waals surface area contributed by atoms with Gasteiger partial charge in [-0.1, -0.05) is 36.4 Å². The Labute approximate surface area is 167 Å². The maximum Gasteiger partial charge on any atom is 0.355 e. The quantitative estimate of drug-likeness (QED) is 0.274. The van der Waals surface area contributed by atoms with Crippen molar-refractivity contribution in [3.63, 3.8) is 0 Å². The fraction of sp³-hybridized carbons (Fsp3) is 0. The molecule has 0 radical (unpaired) electrons. The van der Waals surface area contributed by atoms with Crippen LogP contribution in [-0.2, 0) is 9.63 Å². The molecule has 0 bridgehead atoms. The molecule has 0 aliphatic heterocycles. The van der Waals surface area contributed by atoms with Gasteiger partial charge in [-0.15, -0.1) is 10.2 Å². The Kier molecular flexibility index (Phi) is 6.46. The number of nitrogens with zero attached hydrogens (tertiary/aromatic N) is 2. The van der Waals surface area contributed by atoms with E-state index < -0.39 is 11.9 Å². The van der Waals surface area contributed by atoms with E-state index in [0.717, 1.165) is 5.56 Å². The van der Waals surface area contributed by atoms with Crippen LogP contribution in [0.4, 0.5) is 17.1 Å². The van der Waals surface area contributed by atoms with Crippen LogP contribution in [0.2, 0.25) is 0 Å². The van der Waals surface area contributed by atoms with Crippen molar-refractivity contribution >= 4 is 35.0 Å². The van der Waals surface area contributed by atoms with Gasteiger partial charge in [-0.05, 0) is 54.1 Å². The van der Waals surface area contributed by atoms with Crippen molar-refractivity contribution in [3.8, 4) is 0 Å². The lowest BCUT2D eigenvalue weighted by Crippen LogP contribution is -2.07. The molecular formula is C22H18N4O3. The standard InChI is InChI=1S/C22H18N4O3/c23-18-8-4-7-17(15-18)22(28)25-24-19-10-12-20(13-11-19)26-29-21(27)14-9-16-5-2-1-3-6-16/h1-15,26H,23H2. The highest BCUT2D eigenvalue weighted by Gasteiger charge is 2.04. The molecule has 144 valence electrons. The molecule has 0 spiro atoms. The molecule has 0 atom stereocenters. The fourth-order valence-corrected chi connectivity index (χ4v) is 2.30. The van der Waals surface area contributed by atoms with E-state index in [1.165, 1.54) is 12.1 Å². The molecule has 0 saturated carbocycles. The highest BCUT2D eigenvalue weighted by Crippen LogP contribution is 2.18. The molecule has 7 heteroatoms. The van der Waals surface area contributed by atoms with Crippen LogP contribution in [0.1, 0.15) is 15.9 Å². The third-order valence-corrected chi connectivity index (χ3v) is 3.74. The van der Waals surface area contributed by atoms with Gasteiger partial charge in [-0.25, -0.2) is 10.3 Å². The van der Waals surface area contributed by atoms with Crippen molar-refractivity contribution in [3.05, 3.63) is 96.1 Å². The molecule has 7 nitrogen and oxygen atoms in total. The van der Waals surface area contributed by atoms with Gasteiger partial charge in [-0.3, -0.25) is 4.79 Å². The molecule has 0 aliphatic rings. The highest BCUT2D eigenvalue weighted by atomic mass is 16.7. The van der Waals surface area contributed by atoms with E-state index in [0.29, 0.717) is 22.6 Å². The van der Waals surface area contributed by atoms with Crippen molar-refractivity contribution in [2.24, 2.45) is 10.2 Å². The third kappa shape index (κ3) is 6.14. The maximum absolute atomic E-state index is 12.0. The number of nitrogens with two attached hydrogens (primary N) is 1. The molecular weight excluding hydrogens is 368 g/mol. The summed E-state index contributed by atoms with van der Waals surface area (Å²) >= 11 is 0. The van der Waals surface area contributed by atoms with Crippen LogP contribution in [0.25, 0.3) is 6.08 Å². The minimum atomic E-state index is -0.537. The number of carbonyl (C=O) groups is 2. The Morgan fingerprint density at radius 2 is 1.69 bits per heavy atom. The minimum absolute atomic E-state index is 0.363. The van der Waals surface area contributed by atoms with Crippen LogP contribution < -0.4 is 11.2 Å². The lowest BCUT2D eigenvalue weighted by Gasteiger charge is -2.04. The number of hydrogen-bond donors (Lipinski definition) is 2. The Morgan fingerprint density at radius 1 is 0.931 bits per heavy atom. The van der Waals surface area contributed by atoms with E-state index in [-0.39, 0.29) is 0 Å². The van der Waals surface area contributed by atoms with Crippen LogP contribution >= 0.6 is 0 Å². The second-order valence-electron chi connectivity index (χ2n) is 5.94. The number of benzene rings is 3. The predicted octanol–water partition coefficient (Wildman–Crippen LogP) is 4.78.